The molecular formula is C31H36F2N2O3S2. The van der Waals surface area contributed by atoms with E-state index in [0.717, 1.165) is 41.5 Å². The quantitative estimate of drug-likeness (QED) is 0.195. The molecule has 1 unspecified atom stereocenters. The summed E-state index contributed by atoms with van der Waals surface area (Å²) < 4.78 is 27.8. The zero-order chi connectivity index (χ0) is 29.1. The number of hydrogen-bond acceptors (Lipinski definition) is 5. The molecule has 2 N–H and O–H groups in total. The number of carboxylic acid groups (broad SMARTS) is 1. The van der Waals surface area contributed by atoms with Crippen molar-refractivity contribution >= 4 is 35.4 Å². The lowest BCUT2D eigenvalue weighted by atomic mass is 9.93. The predicted octanol–water partition coefficient (Wildman–Crippen LogP) is 6.63. The van der Waals surface area contributed by atoms with Gasteiger partial charge in [-0.1, -0.05) is 30.3 Å². The van der Waals surface area contributed by atoms with E-state index in [9.17, 15) is 23.5 Å². The van der Waals surface area contributed by atoms with Crippen LogP contribution >= 0.6 is 23.5 Å². The average molecular weight is 587 g/mol. The van der Waals surface area contributed by atoms with Crippen LogP contribution in [0.3, 0.4) is 0 Å². The number of carboxylic acids is 1. The number of carbonyl (C=O) groups excluding carboxylic acids is 1. The molecule has 9 heteroatoms. The van der Waals surface area contributed by atoms with Crippen LogP contribution < -0.4 is 5.32 Å². The summed E-state index contributed by atoms with van der Waals surface area (Å²) in [6.45, 7) is 3.59. The van der Waals surface area contributed by atoms with E-state index in [2.05, 4.69) is 10.2 Å². The van der Waals surface area contributed by atoms with Crippen molar-refractivity contribution in [2.24, 2.45) is 0 Å². The summed E-state index contributed by atoms with van der Waals surface area (Å²) in [4.78, 5) is 27.3. The summed E-state index contributed by atoms with van der Waals surface area (Å²) in [5, 5.41) is 12.3. The number of nitrogens with one attached hydrogen (secondary N) is 1. The fourth-order valence-corrected chi connectivity index (χ4v) is 5.47. The van der Waals surface area contributed by atoms with Crippen LogP contribution in [0, 0.1) is 18.6 Å². The maximum absolute atomic E-state index is 13.9. The highest BCUT2D eigenvalue weighted by atomic mass is 32.2. The van der Waals surface area contributed by atoms with Crippen molar-refractivity contribution in [1.29, 1.82) is 0 Å². The number of aliphatic carboxylic acids is 1. The van der Waals surface area contributed by atoms with Gasteiger partial charge in [-0.15, -0.1) is 0 Å². The third-order valence-corrected chi connectivity index (χ3v) is 7.88. The van der Waals surface area contributed by atoms with Gasteiger partial charge in [0.15, 0.2) is 0 Å². The second kappa shape index (κ2) is 15.8. The second-order valence-corrected chi connectivity index (χ2v) is 11.6. The topological polar surface area (TPSA) is 69.6 Å². The van der Waals surface area contributed by atoms with Crippen LogP contribution in [0.5, 0.6) is 0 Å². The van der Waals surface area contributed by atoms with E-state index in [1.54, 1.807) is 17.8 Å². The Hall–Kier alpha value is -2.88. The lowest BCUT2D eigenvalue weighted by molar-refractivity contribution is -0.139. The van der Waals surface area contributed by atoms with Gasteiger partial charge < -0.3 is 10.4 Å². The summed E-state index contributed by atoms with van der Waals surface area (Å²) in [6.07, 6.45) is 5.17. The van der Waals surface area contributed by atoms with Crippen molar-refractivity contribution in [3.05, 3.63) is 94.6 Å². The highest BCUT2D eigenvalue weighted by molar-refractivity contribution is 7.98. The molecule has 3 aromatic rings. The molecule has 5 nitrogen and oxygen atoms in total. The molecule has 0 fully saturated rings. The lowest BCUT2D eigenvalue weighted by Gasteiger charge is -2.24. The number of aryl methyl sites for hydroxylation is 1. The maximum Gasteiger partial charge on any atom is 0.326 e. The first kappa shape index (κ1) is 31.6. The molecule has 0 spiro atoms. The normalized spacial score (nSPS) is 11.9. The number of halogens is 2. The van der Waals surface area contributed by atoms with Crippen LogP contribution in [0.4, 0.5) is 8.78 Å². The van der Waals surface area contributed by atoms with E-state index in [-0.39, 0.29) is 0 Å². The van der Waals surface area contributed by atoms with Crippen molar-refractivity contribution in [2.75, 3.05) is 30.6 Å². The number of carbonyl (C=O) groups is 2. The van der Waals surface area contributed by atoms with Gasteiger partial charge in [-0.25, -0.2) is 13.6 Å². The highest BCUT2D eigenvalue weighted by Gasteiger charge is 2.23. The molecule has 0 radical (unpaired) electrons. The van der Waals surface area contributed by atoms with E-state index < -0.39 is 29.6 Å². The average Bonchev–Trinajstić information content (AvgIpc) is 2.90. The molecule has 3 rings (SSSR count). The second-order valence-electron chi connectivity index (χ2n) is 9.68. The van der Waals surface area contributed by atoms with E-state index in [1.807, 2.05) is 55.8 Å². The van der Waals surface area contributed by atoms with Crippen LogP contribution in [-0.2, 0) is 17.9 Å². The van der Waals surface area contributed by atoms with Gasteiger partial charge in [0.2, 0.25) is 0 Å². The number of amides is 1. The van der Waals surface area contributed by atoms with Crippen LogP contribution in [-0.4, -0.2) is 58.5 Å². The Morgan fingerprint density at radius 1 is 0.900 bits per heavy atom. The van der Waals surface area contributed by atoms with Gasteiger partial charge in [0, 0.05) is 24.7 Å². The lowest BCUT2D eigenvalue weighted by Crippen LogP contribution is -2.41. The molecule has 0 saturated carbocycles. The number of benzene rings is 3. The molecule has 3 aromatic carbocycles. The Kier molecular flexibility index (Phi) is 12.5. The minimum absolute atomic E-state index is 0.325. The van der Waals surface area contributed by atoms with Crippen molar-refractivity contribution in [2.45, 2.75) is 38.9 Å². The molecule has 0 aromatic heterocycles. The monoisotopic (exact) mass is 586 g/mol. The van der Waals surface area contributed by atoms with Gasteiger partial charge in [-0.3, -0.25) is 9.69 Å². The maximum atomic E-state index is 13.9. The van der Waals surface area contributed by atoms with Gasteiger partial charge in [0.25, 0.3) is 5.91 Å². The predicted molar refractivity (Wildman–Crippen MR) is 162 cm³/mol. The summed E-state index contributed by atoms with van der Waals surface area (Å²) >= 11 is 3.27. The van der Waals surface area contributed by atoms with Gasteiger partial charge in [-0.2, -0.15) is 23.5 Å². The Bertz CT molecular complexity index is 1290. The zero-order valence-corrected chi connectivity index (χ0v) is 24.7. The molecule has 0 heterocycles. The number of nitrogens with zero attached hydrogens (tertiary/aromatic N) is 1. The molecule has 0 saturated heterocycles. The van der Waals surface area contributed by atoms with Gasteiger partial charge in [0.05, 0.1) is 0 Å². The smallest absolute Gasteiger partial charge is 0.326 e. The summed E-state index contributed by atoms with van der Waals surface area (Å²) in [7, 11) is 0. The Balaban J connectivity index is 1.95. The molecule has 0 aliphatic heterocycles. The zero-order valence-electron chi connectivity index (χ0n) is 23.1. The number of thioether (sulfide) groups is 2. The van der Waals surface area contributed by atoms with E-state index in [4.69, 9.17) is 0 Å². The van der Waals surface area contributed by atoms with Crippen molar-refractivity contribution in [3.8, 4) is 11.1 Å². The molecule has 0 bridgehead atoms. The van der Waals surface area contributed by atoms with E-state index in [0.29, 0.717) is 42.0 Å². The molecular weight excluding hydrogens is 550 g/mol. The SMILES string of the molecule is CSCCCN(Cc1cc(F)cc(F)c1)Cc1ccc(C(=O)NC(CCSC)C(=O)O)c(-c2ccccc2C)c1. The fourth-order valence-electron chi connectivity index (χ4n) is 4.58. The third-order valence-electron chi connectivity index (χ3n) is 6.54. The fraction of sp³-hybridized carbons (Fsp3) is 0.355. The van der Waals surface area contributed by atoms with E-state index >= 15 is 0 Å². The Morgan fingerprint density at radius 2 is 1.57 bits per heavy atom. The van der Waals surface area contributed by atoms with Crippen LogP contribution in [0.2, 0.25) is 0 Å². The van der Waals surface area contributed by atoms with Crippen molar-refractivity contribution < 1.29 is 23.5 Å². The van der Waals surface area contributed by atoms with Crippen molar-refractivity contribution in [3.63, 3.8) is 0 Å². The molecule has 0 aliphatic rings. The Morgan fingerprint density at radius 3 is 2.23 bits per heavy atom. The number of rotatable bonds is 15. The van der Waals surface area contributed by atoms with Gasteiger partial charge in [0.1, 0.15) is 17.7 Å². The van der Waals surface area contributed by atoms with Gasteiger partial charge in [-0.05, 0) is 102 Å². The Labute approximate surface area is 243 Å². The highest BCUT2D eigenvalue weighted by Crippen LogP contribution is 2.29. The van der Waals surface area contributed by atoms with Crippen LogP contribution in [0.25, 0.3) is 11.1 Å². The molecule has 214 valence electrons. The molecule has 1 amide bonds. The first-order chi connectivity index (χ1) is 19.2. The summed E-state index contributed by atoms with van der Waals surface area (Å²) in [6, 6.07) is 15.9. The largest absolute Gasteiger partial charge is 0.480 e. The van der Waals surface area contributed by atoms with Crippen LogP contribution in [0.1, 0.15) is 39.9 Å². The van der Waals surface area contributed by atoms with Gasteiger partial charge >= 0.3 is 5.97 Å². The first-order valence-electron chi connectivity index (χ1n) is 13.1. The molecule has 0 aliphatic carbocycles. The minimum atomic E-state index is -1.06. The first-order valence-corrected chi connectivity index (χ1v) is 15.9. The number of hydrogen-bond donors (Lipinski definition) is 2. The van der Waals surface area contributed by atoms with Crippen molar-refractivity contribution in [1.82, 2.24) is 10.2 Å². The molecule has 1 atom stereocenters. The van der Waals surface area contributed by atoms with E-state index in [1.165, 1.54) is 23.9 Å². The van der Waals surface area contributed by atoms with Crippen LogP contribution in [0.15, 0.2) is 60.7 Å². The molecule has 40 heavy (non-hydrogen) atoms. The summed E-state index contributed by atoms with van der Waals surface area (Å²) in [5.41, 5.74) is 4.47. The minimum Gasteiger partial charge on any atom is -0.480 e. The summed E-state index contributed by atoms with van der Waals surface area (Å²) in [5.74, 6) is -1.14. The third kappa shape index (κ3) is 9.35. The standard InChI is InChI=1S/C31H36F2N2O3S2/c1-21-7-4-5-8-26(21)28-17-22(9-10-27(28)30(36)34-29(31(37)38)11-14-40-3)19-35(12-6-13-39-2)20-23-15-24(32)18-25(33)16-23/h4-5,7-10,15-18,29H,6,11-14,19-20H2,1-3H3,(H,34,36)(H,37,38).